The molecular formula is C28H28N4. The third-order valence-corrected chi connectivity index (χ3v) is 6.71. The zero-order valence-corrected chi connectivity index (χ0v) is 19.2. The molecule has 4 nitrogen and oxygen atoms in total. The van der Waals surface area contributed by atoms with Gasteiger partial charge in [0.2, 0.25) is 0 Å². The van der Waals surface area contributed by atoms with Crippen LogP contribution in [0, 0.1) is 32.1 Å². The maximum atomic E-state index is 9.57. The molecule has 32 heavy (non-hydrogen) atoms. The zero-order chi connectivity index (χ0) is 22.4. The molecule has 0 fully saturated rings. The average molecular weight is 421 g/mol. The van der Waals surface area contributed by atoms with Crippen LogP contribution in [0.5, 0.6) is 0 Å². The molecule has 0 bridgehead atoms. The molecule has 5 rings (SSSR count). The van der Waals surface area contributed by atoms with Crippen LogP contribution in [0.3, 0.4) is 0 Å². The summed E-state index contributed by atoms with van der Waals surface area (Å²) in [7, 11) is 0. The number of hydrogen-bond donors (Lipinski definition) is 0. The van der Waals surface area contributed by atoms with E-state index in [9.17, 15) is 5.26 Å². The molecule has 1 aliphatic rings. The second-order valence-corrected chi connectivity index (χ2v) is 8.75. The van der Waals surface area contributed by atoms with Gasteiger partial charge in [0, 0.05) is 17.8 Å². The van der Waals surface area contributed by atoms with E-state index in [0.717, 1.165) is 42.0 Å². The highest BCUT2D eigenvalue weighted by molar-refractivity contribution is 5.83. The summed E-state index contributed by atoms with van der Waals surface area (Å²) in [6.45, 7) is 9.03. The van der Waals surface area contributed by atoms with Crippen molar-refractivity contribution in [2.24, 2.45) is 0 Å². The van der Waals surface area contributed by atoms with Gasteiger partial charge in [-0.05, 0) is 85.7 Å². The van der Waals surface area contributed by atoms with Crippen molar-refractivity contribution in [1.29, 1.82) is 5.26 Å². The monoisotopic (exact) mass is 420 g/mol. The molecule has 0 aliphatic carbocycles. The Morgan fingerprint density at radius 2 is 1.75 bits per heavy atom. The summed E-state index contributed by atoms with van der Waals surface area (Å²) in [5, 5.41) is 9.57. The molecule has 0 N–H and O–H groups in total. The Morgan fingerprint density at radius 1 is 0.969 bits per heavy atom. The number of anilines is 2. The van der Waals surface area contributed by atoms with Gasteiger partial charge in [-0.2, -0.15) is 5.26 Å². The molecule has 160 valence electrons. The van der Waals surface area contributed by atoms with Crippen LogP contribution in [-0.4, -0.2) is 16.1 Å². The van der Waals surface area contributed by atoms with Crippen molar-refractivity contribution in [2.45, 2.75) is 47.0 Å². The van der Waals surface area contributed by atoms with Crippen LogP contribution >= 0.6 is 0 Å². The lowest BCUT2D eigenvalue weighted by molar-refractivity contribution is 0.893. The fourth-order valence-electron chi connectivity index (χ4n) is 5.23. The highest BCUT2D eigenvalue weighted by Crippen LogP contribution is 2.39. The van der Waals surface area contributed by atoms with Gasteiger partial charge in [-0.15, -0.1) is 0 Å². The molecule has 1 aromatic heterocycles. The number of nitriles is 1. The largest absolute Gasteiger partial charge is 0.327 e. The van der Waals surface area contributed by atoms with Gasteiger partial charge in [0.1, 0.15) is 12.4 Å². The first-order valence-corrected chi connectivity index (χ1v) is 11.4. The fourth-order valence-corrected chi connectivity index (χ4v) is 5.23. The van der Waals surface area contributed by atoms with Crippen molar-refractivity contribution >= 4 is 22.4 Å². The minimum atomic E-state index is 0.343. The second-order valence-electron chi connectivity index (χ2n) is 8.75. The molecular weight excluding hydrogens is 392 g/mol. The number of aryl methyl sites for hydroxylation is 4. The maximum Gasteiger partial charge on any atom is 0.114 e. The lowest BCUT2D eigenvalue weighted by Crippen LogP contribution is -2.19. The van der Waals surface area contributed by atoms with Crippen molar-refractivity contribution in [1.82, 2.24) is 9.55 Å². The van der Waals surface area contributed by atoms with Gasteiger partial charge in [-0.3, -0.25) is 4.57 Å². The zero-order valence-electron chi connectivity index (χ0n) is 19.2. The molecule has 0 spiro atoms. The highest BCUT2D eigenvalue weighted by Gasteiger charge is 2.24. The Kier molecular flexibility index (Phi) is 4.98. The van der Waals surface area contributed by atoms with Crippen molar-refractivity contribution in [3.05, 3.63) is 82.2 Å². The summed E-state index contributed by atoms with van der Waals surface area (Å²) in [6.07, 6.45) is 2.80. The third-order valence-electron chi connectivity index (χ3n) is 6.71. The third kappa shape index (κ3) is 3.08. The van der Waals surface area contributed by atoms with E-state index in [2.05, 4.69) is 91.8 Å². The van der Waals surface area contributed by atoms with Crippen LogP contribution in [0.15, 0.2) is 48.5 Å². The van der Waals surface area contributed by atoms with E-state index in [1.165, 1.54) is 39.0 Å². The minimum Gasteiger partial charge on any atom is -0.327 e. The molecule has 4 heteroatoms. The summed E-state index contributed by atoms with van der Waals surface area (Å²) in [4.78, 5) is 7.18. The number of rotatable bonds is 3. The van der Waals surface area contributed by atoms with Gasteiger partial charge < -0.3 is 4.90 Å². The normalized spacial score (nSPS) is 12.9. The van der Waals surface area contributed by atoms with Gasteiger partial charge in [-0.1, -0.05) is 31.2 Å². The minimum absolute atomic E-state index is 0.343. The molecule has 0 unspecified atom stereocenters. The molecule has 0 saturated heterocycles. The van der Waals surface area contributed by atoms with E-state index in [4.69, 9.17) is 4.98 Å². The van der Waals surface area contributed by atoms with Crippen LogP contribution < -0.4 is 4.90 Å². The summed E-state index contributed by atoms with van der Waals surface area (Å²) in [6, 6.07) is 19.7. The van der Waals surface area contributed by atoms with Crippen LogP contribution in [0.25, 0.3) is 16.7 Å². The van der Waals surface area contributed by atoms with Crippen molar-refractivity contribution in [3.8, 4) is 11.8 Å². The molecule has 0 amide bonds. The molecule has 3 aromatic carbocycles. The summed E-state index contributed by atoms with van der Waals surface area (Å²) in [5.41, 5.74) is 12.1. The number of fused-ring (bicyclic) bond motifs is 3. The Morgan fingerprint density at radius 3 is 2.53 bits per heavy atom. The first-order chi connectivity index (χ1) is 15.5. The standard InChI is InChI=1S/C28H28N4/c1-5-27-30-28-19(3)16-18(2)17-26(28)32(27)23-12-13-25-22(20(23)4)11-10-21-8-6-7-9-24(21)31(25)15-14-29/h6-9,12-13,16-17H,5,10-11,15H2,1-4H3. The molecule has 0 atom stereocenters. The van der Waals surface area contributed by atoms with Gasteiger partial charge in [0.15, 0.2) is 0 Å². The number of aromatic nitrogens is 2. The maximum absolute atomic E-state index is 9.57. The van der Waals surface area contributed by atoms with E-state index in [-0.39, 0.29) is 0 Å². The summed E-state index contributed by atoms with van der Waals surface area (Å²) >= 11 is 0. The smallest absolute Gasteiger partial charge is 0.114 e. The Labute approximate surface area is 189 Å². The highest BCUT2D eigenvalue weighted by atomic mass is 15.1. The molecule has 0 radical (unpaired) electrons. The number of nitrogens with zero attached hydrogens (tertiary/aromatic N) is 4. The fraction of sp³-hybridized carbons (Fsp3) is 0.286. The van der Waals surface area contributed by atoms with E-state index < -0.39 is 0 Å². The lowest BCUT2D eigenvalue weighted by Gasteiger charge is -2.26. The number of para-hydroxylation sites is 1. The van der Waals surface area contributed by atoms with Crippen LogP contribution in [-0.2, 0) is 19.3 Å². The number of benzene rings is 3. The van der Waals surface area contributed by atoms with E-state index in [1.807, 2.05) is 0 Å². The first kappa shape index (κ1) is 20.3. The van der Waals surface area contributed by atoms with Gasteiger partial charge >= 0.3 is 0 Å². The summed E-state index contributed by atoms with van der Waals surface area (Å²) < 4.78 is 2.34. The van der Waals surface area contributed by atoms with E-state index in [1.54, 1.807) is 0 Å². The number of hydrogen-bond acceptors (Lipinski definition) is 3. The number of imidazole rings is 1. The van der Waals surface area contributed by atoms with Crippen molar-refractivity contribution in [2.75, 3.05) is 11.4 Å². The first-order valence-electron chi connectivity index (χ1n) is 11.4. The molecule has 1 aliphatic heterocycles. The van der Waals surface area contributed by atoms with Crippen LogP contribution in [0.1, 0.15) is 40.6 Å². The summed E-state index contributed by atoms with van der Waals surface area (Å²) in [5.74, 6) is 1.09. The molecule has 2 heterocycles. The second kappa shape index (κ2) is 7.84. The Bertz CT molecular complexity index is 1390. The van der Waals surface area contributed by atoms with Gasteiger partial charge in [0.25, 0.3) is 0 Å². The molecule has 0 saturated carbocycles. The predicted octanol–water partition coefficient (Wildman–Crippen LogP) is 6.27. The quantitative estimate of drug-likeness (QED) is 0.367. The lowest BCUT2D eigenvalue weighted by atomic mass is 9.98. The van der Waals surface area contributed by atoms with Gasteiger partial charge in [0.05, 0.1) is 22.8 Å². The van der Waals surface area contributed by atoms with E-state index >= 15 is 0 Å². The Balaban J connectivity index is 1.75. The van der Waals surface area contributed by atoms with Crippen LogP contribution in [0.4, 0.5) is 11.4 Å². The SMILES string of the molecule is CCc1nc2c(C)cc(C)cc2n1-c1ccc2c(c1C)CCc1ccccc1N2CC#N. The van der Waals surface area contributed by atoms with Crippen LogP contribution in [0.2, 0.25) is 0 Å². The van der Waals surface area contributed by atoms with E-state index in [0.29, 0.717) is 6.54 Å². The van der Waals surface area contributed by atoms with Crippen molar-refractivity contribution in [3.63, 3.8) is 0 Å². The van der Waals surface area contributed by atoms with Gasteiger partial charge in [-0.25, -0.2) is 4.98 Å². The Hall–Kier alpha value is -3.58. The predicted molar refractivity (Wildman–Crippen MR) is 131 cm³/mol. The average Bonchev–Trinajstić information content (AvgIpc) is 3.07. The van der Waals surface area contributed by atoms with Crippen molar-refractivity contribution < 1.29 is 0 Å². The topological polar surface area (TPSA) is 44.9 Å². The molecule has 4 aromatic rings.